The molecule has 0 fully saturated rings. The van der Waals surface area contributed by atoms with Gasteiger partial charge in [-0.15, -0.1) is 0 Å². The molecule has 0 bridgehead atoms. The summed E-state index contributed by atoms with van der Waals surface area (Å²) in [6.07, 6.45) is 1.83. The summed E-state index contributed by atoms with van der Waals surface area (Å²) in [7, 11) is 0. The van der Waals surface area contributed by atoms with Gasteiger partial charge in [0.25, 0.3) is 0 Å². The summed E-state index contributed by atoms with van der Waals surface area (Å²) in [5.41, 5.74) is 9.06. The minimum Gasteiger partial charge on any atom is -0.383 e. The second-order valence-corrected chi connectivity index (χ2v) is 6.12. The van der Waals surface area contributed by atoms with Crippen LogP contribution in [-0.2, 0) is 0 Å². The number of imidazole rings is 1. The van der Waals surface area contributed by atoms with E-state index in [1.165, 1.54) is 6.07 Å². The maximum absolute atomic E-state index is 10.8. The molecule has 0 unspecified atom stereocenters. The summed E-state index contributed by atoms with van der Waals surface area (Å²) in [6.45, 7) is 1.94. The number of aryl methyl sites for hydroxylation is 1. The van der Waals surface area contributed by atoms with Gasteiger partial charge in [-0.05, 0) is 34.5 Å². The fraction of sp³-hybridized carbons (Fsp3) is 0.0833. The number of nitrogens with zero attached hydrogens (tertiary/aromatic N) is 3. The minimum atomic E-state index is -0.415. The molecule has 8 heteroatoms. The second kappa shape index (κ2) is 4.57. The van der Waals surface area contributed by atoms with E-state index in [-0.39, 0.29) is 5.00 Å². The molecule has 0 radical (unpaired) electrons. The number of aromatic nitrogens is 2. The number of nitrogens with two attached hydrogens (primary N) is 1. The lowest BCUT2D eigenvalue weighted by molar-refractivity contribution is -0.380. The van der Waals surface area contributed by atoms with Crippen LogP contribution < -0.4 is 5.73 Å². The molecule has 3 heterocycles. The second-order valence-electron chi connectivity index (χ2n) is 4.31. The Kier molecular flexibility index (Phi) is 2.98. The molecule has 3 aromatic rings. The van der Waals surface area contributed by atoms with Gasteiger partial charge in [-0.2, -0.15) is 0 Å². The number of halogens is 1. The maximum Gasteiger partial charge on any atom is 0.324 e. The molecule has 6 nitrogen and oxygen atoms in total. The minimum absolute atomic E-state index is 0.0781. The lowest BCUT2D eigenvalue weighted by Gasteiger charge is -2.00. The fourth-order valence-electron chi connectivity index (χ4n) is 2.04. The smallest absolute Gasteiger partial charge is 0.324 e. The topological polar surface area (TPSA) is 86.5 Å². The van der Waals surface area contributed by atoms with Crippen molar-refractivity contribution in [2.75, 3.05) is 5.73 Å². The van der Waals surface area contributed by atoms with Gasteiger partial charge in [0.2, 0.25) is 0 Å². The van der Waals surface area contributed by atoms with Gasteiger partial charge in [0, 0.05) is 27.7 Å². The normalized spacial score (nSPS) is 11.1. The van der Waals surface area contributed by atoms with Crippen molar-refractivity contribution in [2.45, 2.75) is 6.92 Å². The quantitative estimate of drug-likeness (QED) is 0.563. The Morgan fingerprint density at radius 3 is 2.90 bits per heavy atom. The molecule has 0 aromatic carbocycles. The number of hydrogen-bond donors (Lipinski definition) is 1. The van der Waals surface area contributed by atoms with Gasteiger partial charge < -0.3 is 5.73 Å². The van der Waals surface area contributed by atoms with Crippen molar-refractivity contribution < 1.29 is 4.92 Å². The monoisotopic (exact) mass is 352 g/mol. The summed E-state index contributed by atoms with van der Waals surface area (Å²) in [5, 5.41) is 12.5. The van der Waals surface area contributed by atoms with E-state index in [0.29, 0.717) is 17.1 Å². The van der Waals surface area contributed by atoms with Crippen molar-refractivity contribution in [3.05, 3.63) is 43.9 Å². The zero-order valence-electron chi connectivity index (χ0n) is 10.3. The first kappa shape index (κ1) is 13.1. The molecule has 2 N–H and O–H groups in total. The molecule has 102 valence electrons. The first-order valence-corrected chi connectivity index (χ1v) is 7.31. The molecule has 0 amide bonds. The fourth-order valence-corrected chi connectivity index (χ4v) is 3.30. The Hall–Kier alpha value is -1.93. The third-order valence-corrected chi connectivity index (χ3v) is 4.26. The Bertz CT molecular complexity index is 839. The van der Waals surface area contributed by atoms with Gasteiger partial charge in [-0.1, -0.05) is 11.3 Å². The van der Waals surface area contributed by atoms with Crippen molar-refractivity contribution >= 4 is 43.7 Å². The van der Waals surface area contributed by atoms with Crippen LogP contribution in [0.5, 0.6) is 0 Å². The molecule has 3 rings (SSSR count). The molecular formula is C12H9BrN4O2S. The van der Waals surface area contributed by atoms with Gasteiger partial charge in [0.1, 0.15) is 17.2 Å². The van der Waals surface area contributed by atoms with Crippen molar-refractivity contribution in [3.63, 3.8) is 0 Å². The Morgan fingerprint density at radius 2 is 2.25 bits per heavy atom. The lowest BCUT2D eigenvalue weighted by Crippen LogP contribution is -1.94. The van der Waals surface area contributed by atoms with E-state index in [0.717, 1.165) is 27.0 Å². The number of thiophene rings is 1. The molecule has 0 spiro atoms. The van der Waals surface area contributed by atoms with Gasteiger partial charge in [-0.25, -0.2) is 4.98 Å². The van der Waals surface area contributed by atoms with E-state index in [4.69, 9.17) is 5.73 Å². The number of hydrogen-bond acceptors (Lipinski definition) is 5. The average molecular weight is 353 g/mol. The average Bonchev–Trinajstić information content (AvgIpc) is 2.95. The molecule has 3 aromatic heterocycles. The van der Waals surface area contributed by atoms with Crippen molar-refractivity contribution in [3.8, 4) is 11.3 Å². The van der Waals surface area contributed by atoms with E-state index >= 15 is 0 Å². The van der Waals surface area contributed by atoms with Crippen LogP contribution in [0.3, 0.4) is 0 Å². The number of rotatable bonds is 2. The van der Waals surface area contributed by atoms with E-state index in [2.05, 4.69) is 20.9 Å². The Balaban J connectivity index is 2.23. The first-order chi connectivity index (χ1) is 9.47. The van der Waals surface area contributed by atoms with Crippen molar-refractivity contribution in [1.29, 1.82) is 0 Å². The standard InChI is InChI=1S/C12H9BrN4O2S/c1-6-2-8(13)4-16-11(14)10(15-12(6)16)7-3-9(17(18)19)20-5-7/h2-5H,14H2,1H3. The van der Waals surface area contributed by atoms with Crippen LogP contribution in [0.4, 0.5) is 10.8 Å². The van der Waals surface area contributed by atoms with Crippen molar-refractivity contribution in [1.82, 2.24) is 9.38 Å². The summed E-state index contributed by atoms with van der Waals surface area (Å²) in [6, 6.07) is 3.44. The predicted molar refractivity (Wildman–Crippen MR) is 82.0 cm³/mol. The zero-order valence-corrected chi connectivity index (χ0v) is 12.7. The molecular weight excluding hydrogens is 344 g/mol. The van der Waals surface area contributed by atoms with Crippen LogP contribution in [-0.4, -0.2) is 14.3 Å². The third-order valence-electron chi connectivity index (χ3n) is 2.95. The highest BCUT2D eigenvalue weighted by molar-refractivity contribution is 9.10. The molecule has 0 aliphatic rings. The Morgan fingerprint density at radius 1 is 1.50 bits per heavy atom. The van der Waals surface area contributed by atoms with Crippen LogP contribution in [0, 0.1) is 17.0 Å². The number of nitrogen functional groups attached to an aromatic ring is 1. The highest BCUT2D eigenvalue weighted by atomic mass is 79.9. The van der Waals surface area contributed by atoms with Crippen LogP contribution in [0.15, 0.2) is 28.2 Å². The summed E-state index contributed by atoms with van der Waals surface area (Å²) in [4.78, 5) is 14.8. The number of pyridine rings is 1. The number of fused-ring (bicyclic) bond motifs is 1. The van der Waals surface area contributed by atoms with Crippen LogP contribution in [0.25, 0.3) is 16.9 Å². The highest BCUT2D eigenvalue weighted by Crippen LogP contribution is 2.34. The molecule has 0 saturated heterocycles. The first-order valence-electron chi connectivity index (χ1n) is 5.64. The summed E-state index contributed by atoms with van der Waals surface area (Å²) < 4.78 is 2.67. The zero-order chi connectivity index (χ0) is 14.4. The Labute approximate surface area is 126 Å². The van der Waals surface area contributed by atoms with Gasteiger partial charge >= 0.3 is 5.00 Å². The predicted octanol–water partition coefficient (Wildman–Crippen LogP) is 3.62. The summed E-state index contributed by atoms with van der Waals surface area (Å²) >= 11 is 4.48. The molecule has 20 heavy (non-hydrogen) atoms. The maximum atomic E-state index is 10.8. The van der Waals surface area contributed by atoms with Crippen LogP contribution in [0.2, 0.25) is 0 Å². The SMILES string of the molecule is Cc1cc(Br)cn2c(N)c(-c3csc([N+](=O)[O-])c3)nc12. The molecule has 0 saturated carbocycles. The van der Waals surface area contributed by atoms with Gasteiger partial charge in [0.05, 0.1) is 4.92 Å². The van der Waals surface area contributed by atoms with Crippen molar-refractivity contribution in [2.24, 2.45) is 0 Å². The van der Waals surface area contributed by atoms with E-state index < -0.39 is 4.92 Å². The van der Waals surface area contributed by atoms with E-state index in [9.17, 15) is 10.1 Å². The van der Waals surface area contributed by atoms with E-state index in [1.54, 1.807) is 9.78 Å². The lowest BCUT2D eigenvalue weighted by atomic mass is 10.2. The summed E-state index contributed by atoms with van der Waals surface area (Å²) in [5.74, 6) is 0.470. The largest absolute Gasteiger partial charge is 0.383 e. The van der Waals surface area contributed by atoms with E-state index in [1.807, 2.05) is 19.2 Å². The van der Waals surface area contributed by atoms with Gasteiger partial charge in [0.15, 0.2) is 0 Å². The van der Waals surface area contributed by atoms with Crippen LogP contribution in [0.1, 0.15) is 5.56 Å². The number of nitro groups is 1. The highest BCUT2D eigenvalue weighted by Gasteiger charge is 2.17. The molecule has 0 atom stereocenters. The molecule has 0 aliphatic carbocycles. The number of anilines is 1. The molecule has 0 aliphatic heterocycles. The van der Waals surface area contributed by atoms with Gasteiger partial charge in [-0.3, -0.25) is 14.5 Å². The third kappa shape index (κ3) is 1.97. The van der Waals surface area contributed by atoms with Crippen LogP contribution >= 0.6 is 27.3 Å².